The fraction of sp³-hybridized carbons (Fsp3) is 1.00. The van der Waals surface area contributed by atoms with Gasteiger partial charge in [-0.25, -0.2) is 0 Å². The number of likely N-dealkylation sites (N-methyl/N-ethyl adjacent to an activating group) is 2. The molecule has 0 saturated carbocycles. The molecule has 0 aromatic rings. The normalized spacial score (nSPS) is 39.8. The van der Waals surface area contributed by atoms with Crippen molar-refractivity contribution < 1.29 is 0 Å². The Hall–Kier alpha value is -0.0800. The minimum absolute atomic E-state index is 0.869. The Kier molecular flexibility index (Phi) is 1.90. The van der Waals surface area contributed by atoms with E-state index < -0.39 is 0 Å². The van der Waals surface area contributed by atoms with Crippen LogP contribution in [0.25, 0.3) is 0 Å². The SMILES string of the molecule is CCN1CC2CCC(C1)N2C. The molecule has 2 heteroatoms. The Bertz CT molecular complexity index is 132. The van der Waals surface area contributed by atoms with Crippen molar-refractivity contribution in [2.45, 2.75) is 31.8 Å². The van der Waals surface area contributed by atoms with Gasteiger partial charge in [0.25, 0.3) is 0 Å². The highest BCUT2D eigenvalue weighted by Gasteiger charge is 2.36. The zero-order valence-electron chi connectivity index (χ0n) is 7.58. The van der Waals surface area contributed by atoms with E-state index in [1.165, 1.54) is 32.5 Å². The van der Waals surface area contributed by atoms with Crippen LogP contribution in [0.15, 0.2) is 0 Å². The Morgan fingerprint density at radius 1 is 1.18 bits per heavy atom. The van der Waals surface area contributed by atoms with E-state index in [0.717, 1.165) is 12.1 Å². The molecule has 0 aromatic heterocycles. The van der Waals surface area contributed by atoms with Crippen LogP contribution in [0, 0.1) is 0 Å². The molecule has 2 nitrogen and oxygen atoms in total. The summed E-state index contributed by atoms with van der Waals surface area (Å²) in [5.74, 6) is 0. The van der Waals surface area contributed by atoms with Crippen LogP contribution >= 0.6 is 0 Å². The Balaban J connectivity index is 2.02. The molecule has 64 valence electrons. The molecule has 0 amide bonds. The van der Waals surface area contributed by atoms with Crippen molar-refractivity contribution in [2.24, 2.45) is 0 Å². The highest BCUT2D eigenvalue weighted by Crippen LogP contribution is 2.27. The number of hydrogen-bond donors (Lipinski definition) is 0. The van der Waals surface area contributed by atoms with E-state index in [1.54, 1.807) is 0 Å². The van der Waals surface area contributed by atoms with E-state index in [-0.39, 0.29) is 0 Å². The second-order valence-corrected chi connectivity index (χ2v) is 3.90. The van der Waals surface area contributed by atoms with Gasteiger partial charge in [-0.15, -0.1) is 0 Å². The fourth-order valence-corrected chi connectivity index (χ4v) is 2.46. The van der Waals surface area contributed by atoms with Gasteiger partial charge >= 0.3 is 0 Å². The molecular formula is C9H18N2. The van der Waals surface area contributed by atoms with Gasteiger partial charge in [0.1, 0.15) is 0 Å². The van der Waals surface area contributed by atoms with Crippen molar-refractivity contribution in [3.05, 3.63) is 0 Å². The third kappa shape index (κ3) is 1.18. The molecule has 2 unspecified atom stereocenters. The van der Waals surface area contributed by atoms with Crippen LogP contribution in [-0.4, -0.2) is 48.6 Å². The zero-order chi connectivity index (χ0) is 7.84. The van der Waals surface area contributed by atoms with E-state index >= 15 is 0 Å². The monoisotopic (exact) mass is 154 g/mol. The third-order valence-electron chi connectivity index (χ3n) is 3.37. The largest absolute Gasteiger partial charge is 0.301 e. The lowest BCUT2D eigenvalue weighted by Gasteiger charge is -2.38. The first-order chi connectivity index (χ1) is 5.31. The number of piperazine rings is 1. The van der Waals surface area contributed by atoms with Gasteiger partial charge < -0.3 is 4.90 Å². The molecule has 2 aliphatic rings. The van der Waals surface area contributed by atoms with Crippen molar-refractivity contribution in [2.75, 3.05) is 26.7 Å². The number of rotatable bonds is 1. The van der Waals surface area contributed by atoms with Gasteiger partial charge in [-0.2, -0.15) is 0 Å². The molecule has 0 aromatic carbocycles. The third-order valence-corrected chi connectivity index (χ3v) is 3.37. The van der Waals surface area contributed by atoms with E-state index in [9.17, 15) is 0 Å². The van der Waals surface area contributed by atoms with Gasteiger partial charge in [0.05, 0.1) is 0 Å². The van der Waals surface area contributed by atoms with Crippen LogP contribution in [0.5, 0.6) is 0 Å². The highest BCUT2D eigenvalue weighted by molar-refractivity contribution is 4.93. The molecule has 0 spiro atoms. The molecule has 2 aliphatic heterocycles. The number of nitrogens with zero attached hydrogens (tertiary/aromatic N) is 2. The maximum absolute atomic E-state index is 2.59. The van der Waals surface area contributed by atoms with Crippen LogP contribution in [0.1, 0.15) is 19.8 Å². The highest BCUT2D eigenvalue weighted by atomic mass is 15.3. The summed E-state index contributed by atoms with van der Waals surface area (Å²) in [5.41, 5.74) is 0. The maximum atomic E-state index is 2.59. The molecule has 2 bridgehead atoms. The van der Waals surface area contributed by atoms with E-state index in [2.05, 4.69) is 23.8 Å². The molecule has 2 saturated heterocycles. The van der Waals surface area contributed by atoms with Crippen molar-refractivity contribution in [3.8, 4) is 0 Å². The fourth-order valence-electron chi connectivity index (χ4n) is 2.46. The first kappa shape index (κ1) is 7.56. The van der Waals surface area contributed by atoms with Gasteiger partial charge in [0, 0.05) is 25.2 Å². The molecule has 2 fully saturated rings. The van der Waals surface area contributed by atoms with Crippen LogP contribution < -0.4 is 0 Å². The maximum Gasteiger partial charge on any atom is 0.0224 e. The predicted octanol–water partition coefficient (Wildman–Crippen LogP) is 0.785. The van der Waals surface area contributed by atoms with Gasteiger partial charge in [0.15, 0.2) is 0 Å². The van der Waals surface area contributed by atoms with Crippen molar-refractivity contribution >= 4 is 0 Å². The number of fused-ring (bicyclic) bond motifs is 2. The van der Waals surface area contributed by atoms with Crippen molar-refractivity contribution in [1.82, 2.24) is 9.80 Å². The lowest BCUT2D eigenvalue weighted by atomic mass is 10.2. The number of likely N-dealkylation sites (tertiary alicyclic amines) is 1. The standard InChI is InChI=1S/C9H18N2/c1-3-11-6-8-4-5-9(7-11)10(8)2/h8-9H,3-7H2,1-2H3. The Morgan fingerprint density at radius 3 is 2.18 bits per heavy atom. The number of hydrogen-bond acceptors (Lipinski definition) is 2. The average molecular weight is 154 g/mol. The summed E-state index contributed by atoms with van der Waals surface area (Å²) in [6.45, 7) is 6.12. The Labute approximate surface area is 69.2 Å². The van der Waals surface area contributed by atoms with Crippen LogP contribution in [0.2, 0.25) is 0 Å². The molecule has 0 aliphatic carbocycles. The van der Waals surface area contributed by atoms with Gasteiger partial charge in [-0.3, -0.25) is 4.90 Å². The molecule has 2 atom stereocenters. The smallest absolute Gasteiger partial charge is 0.0224 e. The van der Waals surface area contributed by atoms with Crippen molar-refractivity contribution in [1.29, 1.82) is 0 Å². The summed E-state index contributed by atoms with van der Waals surface area (Å²) < 4.78 is 0. The quantitative estimate of drug-likeness (QED) is 0.551. The van der Waals surface area contributed by atoms with Gasteiger partial charge in [-0.1, -0.05) is 6.92 Å². The Morgan fingerprint density at radius 2 is 1.73 bits per heavy atom. The average Bonchev–Trinajstić information content (AvgIpc) is 2.26. The first-order valence-electron chi connectivity index (χ1n) is 4.75. The molecule has 0 radical (unpaired) electrons. The van der Waals surface area contributed by atoms with Gasteiger partial charge in [0.2, 0.25) is 0 Å². The summed E-state index contributed by atoms with van der Waals surface area (Å²) >= 11 is 0. The minimum Gasteiger partial charge on any atom is -0.301 e. The lowest BCUT2D eigenvalue weighted by molar-refractivity contribution is 0.0928. The first-order valence-corrected chi connectivity index (χ1v) is 4.75. The summed E-state index contributed by atoms with van der Waals surface area (Å²) in [5, 5.41) is 0. The van der Waals surface area contributed by atoms with Crippen LogP contribution in [0.4, 0.5) is 0 Å². The summed E-state index contributed by atoms with van der Waals surface area (Å²) in [7, 11) is 2.29. The van der Waals surface area contributed by atoms with E-state index in [0.29, 0.717) is 0 Å². The van der Waals surface area contributed by atoms with Gasteiger partial charge in [-0.05, 0) is 26.4 Å². The second-order valence-electron chi connectivity index (χ2n) is 3.90. The summed E-state index contributed by atoms with van der Waals surface area (Å²) in [4.78, 5) is 5.16. The van der Waals surface area contributed by atoms with E-state index in [4.69, 9.17) is 0 Å². The summed E-state index contributed by atoms with van der Waals surface area (Å²) in [6, 6.07) is 1.74. The molecule has 2 heterocycles. The van der Waals surface area contributed by atoms with Crippen LogP contribution in [0.3, 0.4) is 0 Å². The van der Waals surface area contributed by atoms with E-state index in [1.807, 2.05) is 0 Å². The second kappa shape index (κ2) is 2.76. The van der Waals surface area contributed by atoms with Crippen molar-refractivity contribution in [3.63, 3.8) is 0 Å². The topological polar surface area (TPSA) is 6.48 Å². The molecule has 2 rings (SSSR count). The molecule has 0 N–H and O–H groups in total. The minimum atomic E-state index is 0.869. The lowest BCUT2D eigenvalue weighted by Crippen LogP contribution is -2.51. The molecule has 11 heavy (non-hydrogen) atoms. The summed E-state index contributed by atoms with van der Waals surface area (Å²) in [6.07, 6.45) is 2.86. The molecular weight excluding hydrogens is 136 g/mol. The van der Waals surface area contributed by atoms with Crippen LogP contribution in [-0.2, 0) is 0 Å². The predicted molar refractivity (Wildman–Crippen MR) is 46.7 cm³/mol. The zero-order valence-corrected chi connectivity index (χ0v) is 7.58.